The lowest BCUT2D eigenvalue weighted by Gasteiger charge is -2.35. The summed E-state index contributed by atoms with van der Waals surface area (Å²) in [5.41, 5.74) is 3.31. The third kappa shape index (κ3) is 3.71. The molecule has 1 aliphatic heterocycles. The fraction of sp³-hybridized carbons (Fsp3) is 0.476. The second kappa shape index (κ2) is 8.30. The maximum atomic E-state index is 12.4. The van der Waals surface area contributed by atoms with Crippen molar-refractivity contribution in [3.8, 4) is 11.3 Å². The maximum absolute atomic E-state index is 12.4. The molecule has 1 aromatic heterocycles. The van der Waals surface area contributed by atoms with Gasteiger partial charge < -0.3 is 14.3 Å². The molecule has 1 unspecified atom stereocenters. The summed E-state index contributed by atoms with van der Waals surface area (Å²) in [4.78, 5) is 30.1. The lowest BCUT2D eigenvalue weighted by molar-refractivity contribution is -0.135. The molecule has 1 atom stereocenters. The zero-order valence-electron chi connectivity index (χ0n) is 15.6. The van der Waals surface area contributed by atoms with E-state index in [-0.39, 0.29) is 11.9 Å². The van der Waals surface area contributed by atoms with Gasteiger partial charge in [-0.3, -0.25) is 4.79 Å². The van der Waals surface area contributed by atoms with Crippen molar-refractivity contribution in [2.75, 3.05) is 6.54 Å². The summed E-state index contributed by atoms with van der Waals surface area (Å²) in [5, 5.41) is 0. The first-order valence-electron chi connectivity index (χ1n) is 9.51. The molecule has 5 heteroatoms. The standard InChI is InChI=1S/C21H27N3O2/c1-3-20(26)23-12-5-4-7-18(23)21-22-15-19(24(21)13-6-14-25)17-10-8-16(2)9-11-17/h8-11,14-15,18H,3-7,12-13H2,1-2H3. The highest BCUT2D eigenvalue weighted by Gasteiger charge is 2.31. The quantitative estimate of drug-likeness (QED) is 0.740. The number of carbonyl (C=O) groups is 2. The van der Waals surface area contributed by atoms with Crippen LogP contribution in [0.15, 0.2) is 30.5 Å². The van der Waals surface area contributed by atoms with Crippen LogP contribution in [0.1, 0.15) is 56.5 Å². The van der Waals surface area contributed by atoms with E-state index in [9.17, 15) is 9.59 Å². The largest absolute Gasteiger partial charge is 0.333 e. The highest BCUT2D eigenvalue weighted by molar-refractivity contribution is 5.76. The molecule has 0 aliphatic carbocycles. The Morgan fingerprint density at radius 2 is 2.04 bits per heavy atom. The molecule has 3 rings (SSSR count). The predicted molar refractivity (Wildman–Crippen MR) is 102 cm³/mol. The Kier molecular flexibility index (Phi) is 5.86. The zero-order chi connectivity index (χ0) is 18.5. The zero-order valence-corrected chi connectivity index (χ0v) is 15.6. The molecule has 26 heavy (non-hydrogen) atoms. The van der Waals surface area contributed by atoms with E-state index in [1.54, 1.807) is 0 Å². The number of hydrogen-bond donors (Lipinski definition) is 0. The van der Waals surface area contributed by atoms with Gasteiger partial charge in [-0.15, -0.1) is 0 Å². The number of likely N-dealkylation sites (tertiary alicyclic amines) is 1. The number of rotatable bonds is 6. The molecule has 1 aliphatic rings. The number of aldehydes is 1. The topological polar surface area (TPSA) is 55.2 Å². The predicted octanol–water partition coefficient (Wildman–Crippen LogP) is 3.91. The van der Waals surface area contributed by atoms with Crippen molar-refractivity contribution in [2.24, 2.45) is 0 Å². The molecule has 0 radical (unpaired) electrons. The third-order valence-corrected chi connectivity index (χ3v) is 5.13. The van der Waals surface area contributed by atoms with E-state index >= 15 is 0 Å². The summed E-state index contributed by atoms with van der Waals surface area (Å²) in [5.74, 6) is 1.08. The monoisotopic (exact) mass is 353 g/mol. The first kappa shape index (κ1) is 18.4. The van der Waals surface area contributed by atoms with E-state index in [4.69, 9.17) is 4.98 Å². The van der Waals surface area contributed by atoms with Crippen molar-refractivity contribution < 1.29 is 9.59 Å². The van der Waals surface area contributed by atoms with E-state index in [2.05, 4.69) is 35.8 Å². The van der Waals surface area contributed by atoms with E-state index in [0.717, 1.165) is 49.2 Å². The molecule has 1 fully saturated rings. The number of benzene rings is 1. The number of piperidine rings is 1. The van der Waals surface area contributed by atoms with Crippen molar-refractivity contribution in [3.05, 3.63) is 41.9 Å². The molecule has 138 valence electrons. The molecule has 1 amide bonds. The summed E-state index contributed by atoms with van der Waals surface area (Å²) >= 11 is 0. The molecule has 0 spiro atoms. The highest BCUT2D eigenvalue weighted by atomic mass is 16.2. The first-order valence-corrected chi connectivity index (χ1v) is 9.51. The van der Waals surface area contributed by atoms with Gasteiger partial charge >= 0.3 is 0 Å². The van der Waals surface area contributed by atoms with E-state index in [1.165, 1.54) is 5.56 Å². The summed E-state index contributed by atoms with van der Waals surface area (Å²) in [6, 6.07) is 8.34. The average Bonchev–Trinajstić information content (AvgIpc) is 3.10. The van der Waals surface area contributed by atoms with Crippen LogP contribution < -0.4 is 0 Å². The molecule has 5 nitrogen and oxygen atoms in total. The van der Waals surface area contributed by atoms with Crippen LogP contribution >= 0.6 is 0 Å². The van der Waals surface area contributed by atoms with Crippen LogP contribution in [-0.2, 0) is 16.1 Å². The van der Waals surface area contributed by atoms with E-state index < -0.39 is 0 Å². The Bertz CT molecular complexity index is 764. The molecule has 0 bridgehead atoms. The third-order valence-electron chi connectivity index (χ3n) is 5.13. The summed E-state index contributed by atoms with van der Waals surface area (Å²) < 4.78 is 2.13. The molecular weight excluding hydrogens is 326 g/mol. The Hall–Kier alpha value is -2.43. The lowest BCUT2D eigenvalue weighted by Crippen LogP contribution is -2.39. The first-order chi connectivity index (χ1) is 12.7. The van der Waals surface area contributed by atoms with Gasteiger partial charge in [0.1, 0.15) is 12.1 Å². The van der Waals surface area contributed by atoms with Crippen LogP contribution in [0.3, 0.4) is 0 Å². The average molecular weight is 353 g/mol. The Balaban J connectivity index is 2.01. The molecule has 2 aromatic rings. The van der Waals surface area contributed by atoms with Gasteiger partial charge in [0, 0.05) is 25.9 Å². The highest BCUT2D eigenvalue weighted by Crippen LogP contribution is 2.33. The minimum atomic E-state index is 0.00190. The molecule has 1 saturated heterocycles. The van der Waals surface area contributed by atoms with Crippen LogP contribution in [0.5, 0.6) is 0 Å². The van der Waals surface area contributed by atoms with Gasteiger partial charge in [-0.05, 0) is 31.7 Å². The van der Waals surface area contributed by atoms with Crippen molar-refractivity contribution in [1.82, 2.24) is 14.5 Å². The number of amides is 1. The van der Waals surface area contributed by atoms with Gasteiger partial charge in [-0.25, -0.2) is 4.98 Å². The van der Waals surface area contributed by atoms with Gasteiger partial charge in [-0.2, -0.15) is 0 Å². The summed E-state index contributed by atoms with van der Waals surface area (Å²) in [6.45, 7) is 5.35. The van der Waals surface area contributed by atoms with Gasteiger partial charge in [0.15, 0.2) is 0 Å². The molecular formula is C21H27N3O2. The summed E-state index contributed by atoms with van der Waals surface area (Å²) in [7, 11) is 0. The van der Waals surface area contributed by atoms with Crippen LogP contribution in [0.25, 0.3) is 11.3 Å². The SMILES string of the molecule is CCC(=O)N1CCCCC1c1ncc(-c2ccc(C)cc2)n1CCC=O. The van der Waals surface area contributed by atoms with Crippen LogP contribution in [0.4, 0.5) is 0 Å². The number of aryl methyl sites for hydroxylation is 1. The number of carbonyl (C=O) groups excluding carboxylic acids is 2. The Morgan fingerprint density at radius 3 is 2.73 bits per heavy atom. The smallest absolute Gasteiger partial charge is 0.222 e. The lowest BCUT2D eigenvalue weighted by atomic mass is 10.0. The Morgan fingerprint density at radius 1 is 1.27 bits per heavy atom. The second-order valence-corrected chi connectivity index (χ2v) is 6.93. The molecule has 0 saturated carbocycles. The van der Waals surface area contributed by atoms with Gasteiger partial charge in [-0.1, -0.05) is 36.8 Å². The van der Waals surface area contributed by atoms with Crippen molar-refractivity contribution in [3.63, 3.8) is 0 Å². The van der Waals surface area contributed by atoms with E-state index in [0.29, 0.717) is 19.4 Å². The number of hydrogen-bond acceptors (Lipinski definition) is 3. The minimum absolute atomic E-state index is 0.00190. The van der Waals surface area contributed by atoms with Gasteiger partial charge in [0.25, 0.3) is 0 Å². The Labute approximate surface area is 155 Å². The molecule has 1 aromatic carbocycles. The number of nitrogens with zero attached hydrogens (tertiary/aromatic N) is 3. The van der Waals surface area contributed by atoms with Crippen LogP contribution in [0.2, 0.25) is 0 Å². The van der Waals surface area contributed by atoms with Gasteiger partial charge in [0.05, 0.1) is 17.9 Å². The second-order valence-electron chi connectivity index (χ2n) is 6.93. The van der Waals surface area contributed by atoms with Crippen molar-refractivity contribution in [1.29, 1.82) is 0 Å². The maximum Gasteiger partial charge on any atom is 0.222 e. The van der Waals surface area contributed by atoms with Gasteiger partial charge in [0.2, 0.25) is 5.91 Å². The van der Waals surface area contributed by atoms with Crippen LogP contribution in [-0.4, -0.2) is 33.2 Å². The van der Waals surface area contributed by atoms with Crippen LogP contribution in [0, 0.1) is 6.92 Å². The number of imidazole rings is 1. The number of aromatic nitrogens is 2. The molecule has 0 N–H and O–H groups in total. The fourth-order valence-corrected chi connectivity index (χ4v) is 3.73. The molecule has 2 heterocycles. The normalized spacial score (nSPS) is 17.3. The van der Waals surface area contributed by atoms with E-state index in [1.807, 2.05) is 18.0 Å². The fourth-order valence-electron chi connectivity index (χ4n) is 3.73. The van der Waals surface area contributed by atoms with Crippen molar-refractivity contribution >= 4 is 12.2 Å². The minimum Gasteiger partial charge on any atom is -0.333 e. The van der Waals surface area contributed by atoms with Crippen molar-refractivity contribution in [2.45, 2.75) is 58.5 Å². The summed E-state index contributed by atoms with van der Waals surface area (Å²) in [6.07, 6.45) is 6.84.